The second-order valence-corrected chi connectivity index (χ2v) is 4.57. The molecular formula is C14H12N4O6. The topological polar surface area (TPSA) is 155 Å². The van der Waals surface area contributed by atoms with Gasteiger partial charge in [-0.3, -0.25) is 19.7 Å². The van der Waals surface area contributed by atoms with E-state index in [2.05, 4.69) is 15.6 Å². The highest BCUT2D eigenvalue weighted by molar-refractivity contribution is 5.96. The highest BCUT2D eigenvalue weighted by Crippen LogP contribution is 2.22. The van der Waals surface area contributed by atoms with Crippen molar-refractivity contribution in [1.82, 2.24) is 10.3 Å². The number of amides is 1. The highest BCUT2D eigenvalue weighted by Gasteiger charge is 2.15. The van der Waals surface area contributed by atoms with Gasteiger partial charge >= 0.3 is 5.97 Å². The van der Waals surface area contributed by atoms with E-state index < -0.39 is 29.1 Å². The van der Waals surface area contributed by atoms with E-state index in [-0.39, 0.29) is 17.2 Å². The first-order valence-electron chi connectivity index (χ1n) is 6.58. The van der Waals surface area contributed by atoms with Gasteiger partial charge in [-0.2, -0.15) is 0 Å². The van der Waals surface area contributed by atoms with Gasteiger partial charge in [0, 0.05) is 17.8 Å². The number of nitro benzene ring substituents is 1. The van der Waals surface area contributed by atoms with Crippen molar-refractivity contribution < 1.29 is 24.7 Å². The monoisotopic (exact) mass is 332 g/mol. The third-order valence-corrected chi connectivity index (χ3v) is 2.84. The lowest BCUT2D eigenvalue weighted by Crippen LogP contribution is -2.30. The van der Waals surface area contributed by atoms with Gasteiger partial charge in [0.15, 0.2) is 5.69 Å². The molecule has 2 rings (SSSR count). The number of nitro groups is 1. The van der Waals surface area contributed by atoms with Crippen LogP contribution < -0.4 is 10.6 Å². The minimum absolute atomic E-state index is 0.0760. The maximum Gasteiger partial charge on any atom is 0.322 e. The van der Waals surface area contributed by atoms with Crippen molar-refractivity contribution in [3.8, 4) is 5.75 Å². The Morgan fingerprint density at radius 3 is 2.42 bits per heavy atom. The summed E-state index contributed by atoms with van der Waals surface area (Å²) >= 11 is 0. The van der Waals surface area contributed by atoms with E-state index in [1.807, 2.05) is 0 Å². The maximum atomic E-state index is 11.8. The summed E-state index contributed by atoms with van der Waals surface area (Å²) in [5, 5.41) is 33.7. The molecule has 10 nitrogen and oxygen atoms in total. The predicted octanol–water partition coefficient (Wildman–Crippen LogP) is 1.25. The van der Waals surface area contributed by atoms with E-state index in [4.69, 9.17) is 5.11 Å². The number of hydrogen-bond donors (Lipinski definition) is 4. The van der Waals surface area contributed by atoms with Crippen molar-refractivity contribution in [2.24, 2.45) is 0 Å². The maximum absolute atomic E-state index is 11.8. The van der Waals surface area contributed by atoms with Crippen LogP contribution in [0.1, 0.15) is 10.5 Å². The normalized spacial score (nSPS) is 10.0. The molecule has 0 bridgehead atoms. The number of carbonyl (C=O) groups excluding carboxylic acids is 1. The Labute approximate surface area is 134 Å². The average molecular weight is 332 g/mol. The number of rotatable bonds is 6. The zero-order valence-electron chi connectivity index (χ0n) is 12.1. The first kappa shape index (κ1) is 16.7. The molecule has 0 saturated heterocycles. The van der Waals surface area contributed by atoms with Crippen molar-refractivity contribution >= 4 is 29.1 Å². The number of benzene rings is 1. The third kappa shape index (κ3) is 4.16. The number of carbonyl (C=O) groups is 2. The zero-order chi connectivity index (χ0) is 17.7. The predicted molar refractivity (Wildman–Crippen MR) is 82.2 cm³/mol. The number of aromatic nitrogens is 1. The van der Waals surface area contributed by atoms with E-state index >= 15 is 0 Å². The largest absolute Gasteiger partial charge is 0.505 e. The number of pyridine rings is 1. The third-order valence-electron chi connectivity index (χ3n) is 2.84. The van der Waals surface area contributed by atoms with Gasteiger partial charge in [0.05, 0.1) is 4.92 Å². The molecule has 0 radical (unpaired) electrons. The molecule has 0 aliphatic heterocycles. The Morgan fingerprint density at radius 1 is 1.17 bits per heavy atom. The average Bonchev–Trinajstić information content (AvgIpc) is 2.55. The Morgan fingerprint density at radius 2 is 1.83 bits per heavy atom. The lowest BCUT2D eigenvalue weighted by Gasteiger charge is -2.09. The van der Waals surface area contributed by atoms with Crippen LogP contribution in [0.2, 0.25) is 0 Å². The molecule has 1 aromatic carbocycles. The van der Waals surface area contributed by atoms with Crippen LogP contribution in [0, 0.1) is 10.1 Å². The SMILES string of the molecule is O=C(O)CNC(=O)c1nc(Nc2ccc([N+](=O)[O-])cc2)ccc1O. The minimum Gasteiger partial charge on any atom is -0.505 e. The molecule has 0 atom stereocenters. The van der Waals surface area contributed by atoms with Gasteiger partial charge in [-0.25, -0.2) is 4.98 Å². The van der Waals surface area contributed by atoms with Crippen molar-refractivity contribution in [3.63, 3.8) is 0 Å². The number of nitrogens with zero attached hydrogens (tertiary/aromatic N) is 2. The molecule has 1 aromatic heterocycles. The van der Waals surface area contributed by atoms with Crippen molar-refractivity contribution in [1.29, 1.82) is 0 Å². The number of non-ortho nitro benzene ring substituents is 1. The molecule has 1 amide bonds. The molecule has 0 saturated carbocycles. The minimum atomic E-state index is -1.23. The quantitative estimate of drug-likeness (QED) is 0.455. The van der Waals surface area contributed by atoms with Gasteiger partial charge in [0.1, 0.15) is 18.1 Å². The summed E-state index contributed by atoms with van der Waals surface area (Å²) in [7, 11) is 0. The molecule has 0 fully saturated rings. The molecule has 4 N–H and O–H groups in total. The Hall–Kier alpha value is -3.69. The highest BCUT2D eigenvalue weighted by atomic mass is 16.6. The fraction of sp³-hybridized carbons (Fsp3) is 0.0714. The smallest absolute Gasteiger partial charge is 0.322 e. The van der Waals surface area contributed by atoms with Crippen LogP contribution in [0.5, 0.6) is 5.75 Å². The molecule has 0 unspecified atom stereocenters. The van der Waals surface area contributed by atoms with Gasteiger partial charge < -0.3 is 20.8 Å². The first-order valence-corrected chi connectivity index (χ1v) is 6.58. The summed E-state index contributed by atoms with van der Waals surface area (Å²) in [4.78, 5) is 36.2. The molecule has 0 aliphatic rings. The summed E-state index contributed by atoms with van der Waals surface area (Å²) in [6, 6.07) is 8.11. The fourth-order valence-electron chi connectivity index (χ4n) is 1.74. The van der Waals surface area contributed by atoms with E-state index in [1.54, 1.807) is 0 Å². The number of nitrogens with one attached hydrogen (secondary N) is 2. The van der Waals surface area contributed by atoms with E-state index in [1.165, 1.54) is 36.4 Å². The van der Waals surface area contributed by atoms with Crippen LogP contribution in [0.25, 0.3) is 0 Å². The van der Waals surface area contributed by atoms with Gasteiger partial charge in [-0.05, 0) is 24.3 Å². The number of carboxylic acid groups (broad SMARTS) is 1. The molecular weight excluding hydrogens is 320 g/mol. The Balaban J connectivity index is 2.16. The van der Waals surface area contributed by atoms with Crippen LogP contribution >= 0.6 is 0 Å². The fourth-order valence-corrected chi connectivity index (χ4v) is 1.74. The zero-order valence-corrected chi connectivity index (χ0v) is 12.1. The summed E-state index contributed by atoms with van der Waals surface area (Å²) in [6.45, 7) is -0.611. The number of hydrogen-bond acceptors (Lipinski definition) is 7. The standard InChI is InChI=1S/C14H12N4O6/c19-10-5-6-11(17-13(10)14(22)15-7-12(20)21)16-8-1-3-9(4-2-8)18(23)24/h1-6,19H,7H2,(H,15,22)(H,16,17)(H,20,21). The first-order chi connectivity index (χ1) is 11.4. The summed E-state index contributed by atoms with van der Waals surface area (Å²) < 4.78 is 0. The van der Waals surface area contributed by atoms with Crippen molar-refractivity contribution in [2.75, 3.05) is 11.9 Å². The van der Waals surface area contributed by atoms with Crippen LogP contribution in [0.3, 0.4) is 0 Å². The summed E-state index contributed by atoms with van der Waals surface area (Å²) in [5.74, 6) is -2.29. The van der Waals surface area contributed by atoms with Gasteiger partial charge in [-0.1, -0.05) is 0 Å². The van der Waals surface area contributed by atoms with Gasteiger partial charge in [0.25, 0.3) is 11.6 Å². The number of anilines is 2. The van der Waals surface area contributed by atoms with Crippen molar-refractivity contribution in [3.05, 3.63) is 52.2 Å². The Kier molecular flexibility index (Phi) is 4.90. The summed E-state index contributed by atoms with van der Waals surface area (Å²) in [6.07, 6.45) is 0. The second-order valence-electron chi connectivity index (χ2n) is 4.57. The lowest BCUT2D eigenvalue weighted by atomic mass is 10.2. The molecule has 124 valence electrons. The van der Waals surface area contributed by atoms with Gasteiger partial charge in [-0.15, -0.1) is 0 Å². The van der Waals surface area contributed by atoms with Crippen LogP contribution in [0.4, 0.5) is 17.2 Å². The molecule has 2 aromatic rings. The number of carboxylic acids is 1. The molecule has 24 heavy (non-hydrogen) atoms. The van der Waals surface area contributed by atoms with Gasteiger partial charge in [0.2, 0.25) is 0 Å². The molecule has 10 heteroatoms. The summed E-state index contributed by atoms with van der Waals surface area (Å²) in [5.41, 5.74) is 0.0619. The van der Waals surface area contributed by atoms with Crippen molar-refractivity contribution in [2.45, 2.75) is 0 Å². The van der Waals surface area contributed by atoms with Crippen LogP contribution in [0.15, 0.2) is 36.4 Å². The van der Waals surface area contributed by atoms with Crippen LogP contribution in [-0.4, -0.2) is 38.5 Å². The van der Waals surface area contributed by atoms with E-state index in [9.17, 15) is 24.8 Å². The molecule has 0 spiro atoms. The van der Waals surface area contributed by atoms with E-state index in [0.29, 0.717) is 5.69 Å². The lowest BCUT2D eigenvalue weighted by molar-refractivity contribution is -0.384. The second kappa shape index (κ2) is 7.05. The van der Waals surface area contributed by atoms with E-state index in [0.717, 1.165) is 0 Å². The number of aromatic hydroxyl groups is 1. The number of aliphatic carboxylic acids is 1. The molecule has 0 aliphatic carbocycles. The molecule has 1 heterocycles. The Bertz CT molecular complexity index is 790. The van der Waals surface area contributed by atoms with Crippen LogP contribution in [-0.2, 0) is 4.79 Å².